The Labute approximate surface area is 277 Å². The van der Waals surface area contributed by atoms with Gasteiger partial charge in [0.1, 0.15) is 0 Å². The maximum Gasteiger partial charge on any atom is 0.0627 e. The van der Waals surface area contributed by atoms with Gasteiger partial charge in [-0.2, -0.15) is 0 Å². The van der Waals surface area contributed by atoms with E-state index in [1.165, 1.54) is 70.3 Å². The monoisotopic (exact) mass is 625 g/mol. The van der Waals surface area contributed by atoms with E-state index in [1.807, 2.05) is 17.4 Å². The van der Waals surface area contributed by atoms with Crippen LogP contribution in [0, 0.1) is 0 Å². The molecule has 0 N–H and O–H groups in total. The molecule has 0 saturated carbocycles. The lowest BCUT2D eigenvalue weighted by Gasteiger charge is -2.27. The number of allylic oxidation sites excluding steroid dienone is 6. The molecule has 0 radical (unpaired) electrons. The average molecular weight is 626 g/mol. The fourth-order valence-corrected chi connectivity index (χ4v) is 7.88. The first kappa shape index (κ1) is 31.2. The molecule has 45 heavy (non-hydrogen) atoms. The second-order valence-electron chi connectivity index (χ2n) is 13.9. The molecule has 1 aliphatic carbocycles. The van der Waals surface area contributed by atoms with Crippen molar-refractivity contribution >= 4 is 39.6 Å². The smallest absolute Gasteiger partial charge is 0.0627 e. The summed E-state index contributed by atoms with van der Waals surface area (Å²) >= 11 is 3.69. The van der Waals surface area contributed by atoms with Gasteiger partial charge in [-0.05, 0) is 87.8 Å². The molecule has 6 rings (SSSR count). The van der Waals surface area contributed by atoms with E-state index in [4.69, 9.17) is 0 Å². The highest BCUT2D eigenvalue weighted by molar-refractivity contribution is 8.02. The van der Waals surface area contributed by atoms with Crippen LogP contribution in [0.5, 0.6) is 0 Å². The van der Waals surface area contributed by atoms with E-state index < -0.39 is 0 Å². The summed E-state index contributed by atoms with van der Waals surface area (Å²) in [6.07, 6.45) is 11.7. The number of benzene rings is 3. The van der Waals surface area contributed by atoms with E-state index in [-0.39, 0.29) is 10.8 Å². The summed E-state index contributed by atoms with van der Waals surface area (Å²) in [6.45, 7) is 17.8. The SMILES string of the molecule is C=C/C=C(\SC)C1=CC=C(c2ccc(-c3c(-c4ccccc4)n(-c4cc(C(C)(C)C)cc(C(C)(C)C)c4)c4ccccc34)s2)C1. The van der Waals surface area contributed by atoms with Gasteiger partial charge in [-0.1, -0.05) is 121 Å². The van der Waals surface area contributed by atoms with Crippen LogP contribution < -0.4 is 0 Å². The van der Waals surface area contributed by atoms with Crippen LogP contribution in [0.15, 0.2) is 126 Å². The van der Waals surface area contributed by atoms with Gasteiger partial charge in [0.05, 0.1) is 11.2 Å². The van der Waals surface area contributed by atoms with Gasteiger partial charge in [-0.3, -0.25) is 0 Å². The maximum atomic E-state index is 3.92. The number of hydrogen-bond acceptors (Lipinski definition) is 2. The third kappa shape index (κ3) is 6.09. The Hall–Kier alpha value is -3.79. The zero-order valence-electron chi connectivity index (χ0n) is 27.6. The molecule has 0 bridgehead atoms. The number of hydrogen-bond donors (Lipinski definition) is 0. The minimum atomic E-state index is 0.0241. The van der Waals surface area contributed by atoms with Gasteiger partial charge in [0, 0.05) is 31.3 Å². The molecule has 1 aliphatic rings. The Balaban J connectivity index is 1.57. The van der Waals surface area contributed by atoms with Gasteiger partial charge < -0.3 is 4.57 Å². The Morgan fingerprint density at radius 3 is 2.09 bits per heavy atom. The van der Waals surface area contributed by atoms with Crippen molar-refractivity contribution in [2.24, 2.45) is 0 Å². The van der Waals surface area contributed by atoms with Crippen LogP contribution in [-0.2, 0) is 10.8 Å². The minimum absolute atomic E-state index is 0.0241. The lowest BCUT2D eigenvalue weighted by atomic mass is 9.80. The second kappa shape index (κ2) is 12.2. The molecule has 3 heteroatoms. The van der Waals surface area contributed by atoms with Crippen molar-refractivity contribution in [1.29, 1.82) is 0 Å². The van der Waals surface area contributed by atoms with Crippen LogP contribution in [0.4, 0.5) is 0 Å². The third-order valence-electron chi connectivity index (χ3n) is 8.67. The molecule has 1 nitrogen and oxygen atoms in total. The average Bonchev–Trinajstić information content (AvgIpc) is 3.76. The van der Waals surface area contributed by atoms with E-state index in [2.05, 4.69) is 162 Å². The number of fused-ring (bicyclic) bond motifs is 1. The van der Waals surface area contributed by atoms with Crippen molar-refractivity contribution in [2.45, 2.75) is 58.8 Å². The van der Waals surface area contributed by atoms with Gasteiger partial charge >= 0.3 is 0 Å². The first-order valence-electron chi connectivity index (χ1n) is 15.7. The zero-order valence-corrected chi connectivity index (χ0v) is 29.2. The zero-order chi connectivity index (χ0) is 31.9. The molecule has 0 atom stereocenters. The van der Waals surface area contributed by atoms with Crippen molar-refractivity contribution in [2.75, 3.05) is 6.26 Å². The molecule has 5 aromatic rings. The van der Waals surface area contributed by atoms with Gasteiger partial charge in [0.25, 0.3) is 0 Å². The first-order valence-corrected chi connectivity index (χ1v) is 17.8. The van der Waals surface area contributed by atoms with E-state index in [9.17, 15) is 0 Å². The summed E-state index contributed by atoms with van der Waals surface area (Å²) in [5.74, 6) is 0. The minimum Gasteiger partial charge on any atom is -0.309 e. The molecule has 0 saturated heterocycles. The van der Waals surface area contributed by atoms with Crippen LogP contribution in [0.2, 0.25) is 0 Å². The number of nitrogens with zero attached hydrogens (tertiary/aromatic N) is 1. The molecular formula is C42H43NS2. The van der Waals surface area contributed by atoms with Gasteiger partial charge in [-0.25, -0.2) is 0 Å². The maximum absolute atomic E-state index is 3.92. The highest BCUT2D eigenvalue weighted by Gasteiger charge is 2.26. The normalized spacial score (nSPS) is 14.2. The summed E-state index contributed by atoms with van der Waals surface area (Å²) in [5, 5.41) is 1.28. The summed E-state index contributed by atoms with van der Waals surface area (Å²) in [7, 11) is 0. The van der Waals surface area contributed by atoms with Crippen LogP contribution in [-0.4, -0.2) is 10.8 Å². The number of thiophene rings is 1. The van der Waals surface area contributed by atoms with Crippen LogP contribution >= 0.6 is 23.1 Å². The molecule has 3 aromatic carbocycles. The van der Waals surface area contributed by atoms with Crippen LogP contribution in [0.1, 0.15) is 64.0 Å². The molecule has 228 valence electrons. The quantitative estimate of drug-likeness (QED) is 0.163. The van der Waals surface area contributed by atoms with Crippen molar-refractivity contribution in [3.63, 3.8) is 0 Å². The summed E-state index contributed by atoms with van der Waals surface area (Å²) in [4.78, 5) is 3.91. The van der Waals surface area contributed by atoms with E-state index in [0.717, 1.165) is 6.42 Å². The summed E-state index contributed by atoms with van der Waals surface area (Å²) in [5.41, 5.74) is 11.7. The van der Waals surface area contributed by atoms with Crippen molar-refractivity contribution in [3.8, 4) is 27.4 Å². The highest BCUT2D eigenvalue weighted by atomic mass is 32.2. The Morgan fingerprint density at radius 2 is 1.44 bits per heavy atom. The Bertz CT molecular complexity index is 1950. The van der Waals surface area contributed by atoms with Gasteiger partial charge in [0.2, 0.25) is 0 Å². The van der Waals surface area contributed by atoms with Gasteiger partial charge in [-0.15, -0.1) is 23.1 Å². The van der Waals surface area contributed by atoms with Crippen LogP contribution in [0.25, 0.3) is 43.9 Å². The summed E-state index contributed by atoms with van der Waals surface area (Å²) < 4.78 is 2.52. The van der Waals surface area contributed by atoms with E-state index in [1.54, 1.807) is 11.8 Å². The van der Waals surface area contributed by atoms with E-state index >= 15 is 0 Å². The molecule has 0 aliphatic heterocycles. The molecular weight excluding hydrogens is 583 g/mol. The Kier molecular flexibility index (Phi) is 8.45. The largest absolute Gasteiger partial charge is 0.309 e. The number of aromatic nitrogens is 1. The van der Waals surface area contributed by atoms with Crippen LogP contribution in [0.3, 0.4) is 0 Å². The fourth-order valence-electron chi connectivity index (χ4n) is 6.15. The molecule has 2 aromatic heterocycles. The Morgan fingerprint density at radius 1 is 0.800 bits per heavy atom. The highest BCUT2D eigenvalue weighted by Crippen LogP contribution is 2.47. The topological polar surface area (TPSA) is 4.93 Å². The third-order valence-corrected chi connectivity index (χ3v) is 10.7. The molecule has 0 fully saturated rings. The summed E-state index contributed by atoms with van der Waals surface area (Å²) in [6, 6.07) is 31.7. The van der Waals surface area contributed by atoms with E-state index in [0.29, 0.717) is 0 Å². The molecule has 0 unspecified atom stereocenters. The predicted octanol–water partition coefficient (Wildman–Crippen LogP) is 12.8. The lowest BCUT2D eigenvalue weighted by Crippen LogP contribution is -2.17. The van der Waals surface area contributed by atoms with Gasteiger partial charge in [0.15, 0.2) is 0 Å². The van der Waals surface area contributed by atoms with Crippen molar-refractivity contribution in [1.82, 2.24) is 4.57 Å². The molecule has 2 heterocycles. The molecule has 0 amide bonds. The fraction of sp³-hybridized carbons (Fsp3) is 0.238. The lowest BCUT2D eigenvalue weighted by molar-refractivity contribution is 0.568. The number of para-hydroxylation sites is 1. The number of thioether (sulfide) groups is 1. The predicted molar refractivity (Wildman–Crippen MR) is 202 cm³/mol. The number of rotatable bonds is 7. The molecule has 0 spiro atoms. The second-order valence-corrected chi connectivity index (χ2v) is 15.8. The first-order chi connectivity index (χ1) is 21.5. The van der Waals surface area contributed by atoms with Crippen molar-refractivity contribution < 1.29 is 0 Å². The standard InChI is InChI=1S/C42H43NS2/c1-9-15-36(44-8)29-20-21-30(24-29)37-22-23-38(45-37)39-34-18-13-14-19-35(34)43(40(39)28-16-11-10-12-17-28)33-26-31(41(2,3)4)25-32(27-33)42(5,6)7/h9-23,25-27H,1,24H2,2-8H3/b36-15-. The van der Waals surface area contributed by atoms with Crippen molar-refractivity contribution in [3.05, 3.63) is 142 Å².